The quantitative estimate of drug-likeness (QED) is 0.544. The van der Waals surface area contributed by atoms with E-state index in [-0.39, 0.29) is 0 Å². The second-order valence-corrected chi connectivity index (χ2v) is 3.75. The molecule has 2 heterocycles. The first-order valence-corrected chi connectivity index (χ1v) is 4.91. The van der Waals surface area contributed by atoms with Crippen molar-refractivity contribution < 1.29 is 0 Å². The molecule has 0 aliphatic carbocycles. The highest BCUT2D eigenvalue weighted by Gasteiger charge is 2.13. The van der Waals surface area contributed by atoms with E-state index in [0.717, 1.165) is 23.5 Å². The summed E-state index contributed by atoms with van der Waals surface area (Å²) in [5.74, 6) is 0. The predicted octanol–water partition coefficient (Wildman–Crippen LogP) is 2.31. The van der Waals surface area contributed by atoms with Crippen molar-refractivity contribution in [1.29, 1.82) is 0 Å². The van der Waals surface area contributed by atoms with Gasteiger partial charge < -0.3 is 11.1 Å². The zero-order valence-electron chi connectivity index (χ0n) is 8.20. The second-order valence-electron chi connectivity index (χ2n) is 3.75. The Hall–Kier alpha value is -2.03. The van der Waals surface area contributed by atoms with Crippen LogP contribution in [0.3, 0.4) is 0 Å². The third-order valence-corrected chi connectivity index (χ3v) is 2.69. The van der Waals surface area contributed by atoms with Gasteiger partial charge in [-0.05, 0) is 29.3 Å². The number of rotatable bonds is 0. The van der Waals surface area contributed by atoms with Gasteiger partial charge in [0.05, 0.1) is 0 Å². The molecule has 0 spiro atoms. The van der Waals surface area contributed by atoms with Crippen molar-refractivity contribution in [3.63, 3.8) is 0 Å². The average molecular weight is 197 g/mol. The first kappa shape index (κ1) is 8.29. The number of nitrogens with two attached hydrogens (primary N) is 1. The Morgan fingerprint density at radius 3 is 3.00 bits per heavy atom. The third kappa shape index (κ3) is 1.32. The van der Waals surface area contributed by atoms with Crippen LogP contribution in [0.15, 0.2) is 36.7 Å². The van der Waals surface area contributed by atoms with Crippen molar-refractivity contribution in [2.24, 2.45) is 0 Å². The van der Waals surface area contributed by atoms with E-state index in [9.17, 15) is 0 Å². The molecule has 3 N–H and O–H groups in total. The Bertz CT molecular complexity index is 520. The molecule has 0 radical (unpaired) electrons. The lowest BCUT2D eigenvalue weighted by molar-refractivity contribution is 1.12. The number of anilines is 3. The molecule has 2 aromatic rings. The molecule has 74 valence electrons. The van der Waals surface area contributed by atoms with Crippen LogP contribution in [0.25, 0.3) is 0 Å². The number of pyridine rings is 1. The zero-order valence-corrected chi connectivity index (χ0v) is 8.20. The molecule has 0 unspecified atom stereocenters. The molecule has 1 aromatic heterocycles. The van der Waals surface area contributed by atoms with Gasteiger partial charge in [-0.1, -0.05) is 6.07 Å². The number of hydrogen-bond acceptors (Lipinski definition) is 3. The zero-order chi connectivity index (χ0) is 10.3. The summed E-state index contributed by atoms with van der Waals surface area (Å²) >= 11 is 0. The van der Waals surface area contributed by atoms with Gasteiger partial charge in [-0.25, -0.2) is 0 Å². The summed E-state index contributed by atoms with van der Waals surface area (Å²) in [6.07, 6.45) is 4.62. The fourth-order valence-electron chi connectivity index (χ4n) is 1.90. The molecule has 1 aliphatic rings. The third-order valence-electron chi connectivity index (χ3n) is 2.69. The molecule has 3 heteroatoms. The van der Waals surface area contributed by atoms with Crippen molar-refractivity contribution in [3.8, 4) is 0 Å². The summed E-state index contributed by atoms with van der Waals surface area (Å²) < 4.78 is 0. The lowest BCUT2D eigenvalue weighted by atomic mass is 9.99. The summed E-state index contributed by atoms with van der Waals surface area (Å²) in [5, 5.41) is 3.36. The minimum Gasteiger partial charge on any atom is -0.399 e. The van der Waals surface area contributed by atoms with Gasteiger partial charge in [-0.15, -0.1) is 0 Å². The van der Waals surface area contributed by atoms with Gasteiger partial charge in [-0.3, -0.25) is 4.98 Å². The van der Waals surface area contributed by atoms with Gasteiger partial charge in [0, 0.05) is 35.9 Å². The van der Waals surface area contributed by atoms with Crippen LogP contribution in [-0.2, 0) is 6.42 Å². The van der Waals surface area contributed by atoms with E-state index in [1.165, 1.54) is 11.1 Å². The van der Waals surface area contributed by atoms with Crippen LogP contribution < -0.4 is 11.1 Å². The fraction of sp³-hybridized carbons (Fsp3) is 0.0833. The number of hydrogen-bond donors (Lipinski definition) is 2. The van der Waals surface area contributed by atoms with Crippen molar-refractivity contribution in [2.45, 2.75) is 6.42 Å². The number of nitrogens with zero attached hydrogens (tertiary/aromatic N) is 1. The molecule has 15 heavy (non-hydrogen) atoms. The summed E-state index contributed by atoms with van der Waals surface area (Å²) in [7, 11) is 0. The predicted molar refractivity (Wildman–Crippen MR) is 61.2 cm³/mol. The summed E-state index contributed by atoms with van der Waals surface area (Å²) in [5.41, 5.74) is 11.3. The van der Waals surface area contributed by atoms with Crippen LogP contribution in [0.2, 0.25) is 0 Å². The van der Waals surface area contributed by atoms with Crippen LogP contribution in [0, 0.1) is 0 Å². The van der Waals surface area contributed by atoms with Gasteiger partial charge >= 0.3 is 0 Å². The van der Waals surface area contributed by atoms with Crippen LogP contribution in [0.4, 0.5) is 17.1 Å². The average Bonchev–Trinajstić information content (AvgIpc) is 2.26. The highest BCUT2D eigenvalue weighted by molar-refractivity contribution is 5.73. The van der Waals surface area contributed by atoms with E-state index in [1.807, 2.05) is 24.4 Å². The number of aromatic nitrogens is 1. The maximum atomic E-state index is 5.75. The molecule has 0 saturated carbocycles. The van der Waals surface area contributed by atoms with Gasteiger partial charge in [0.1, 0.15) is 0 Å². The standard InChI is InChI=1S/C12H11N3/c13-10-2-1-8-5-9-7-14-4-3-11(9)15-12(8)6-10/h1-4,6-7,15H,5,13H2. The molecule has 0 fully saturated rings. The highest BCUT2D eigenvalue weighted by atomic mass is 14.9. The van der Waals surface area contributed by atoms with E-state index >= 15 is 0 Å². The van der Waals surface area contributed by atoms with E-state index in [0.29, 0.717) is 0 Å². The Morgan fingerprint density at radius 1 is 1.13 bits per heavy atom. The van der Waals surface area contributed by atoms with Crippen molar-refractivity contribution in [2.75, 3.05) is 11.1 Å². The van der Waals surface area contributed by atoms with Crippen LogP contribution in [0.1, 0.15) is 11.1 Å². The second kappa shape index (κ2) is 2.98. The summed E-state index contributed by atoms with van der Waals surface area (Å²) in [6.45, 7) is 0. The van der Waals surface area contributed by atoms with Crippen molar-refractivity contribution >= 4 is 17.1 Å². The maximum absolute atomic E-state index is 5.75. The molecule has 1 aromatic carbocycles. The van der Waals surface area contributed by atoms with Crippen molar-refractivity contribution in [3.05, 3.63) is 47.8 Å². The molecule has 0 saturated heterocycles. The SMILES string of the molecule is Nc1ccc2c(c1)Nc1ccncc1C2. The smallest absolute Gasteiger partial charge is 0.0451 e. The molecule has 3 rings (SSSR count). The lowest BCUT2D eigenvalue weighted by Gasteiger charge is -2.21. The molecular formula is C12H11N3. The van der Waals surface area contributed by atoms with E-state index in [1.54, 1.807) is 6.20 Å². The molecule has 0 atom stereocenters. The highest BCUT2D eigenvalue weighted by Crippen LogP contribution is 2.32. The van der Waals surface area contributed by atoms with Crippen LogP contribution in [0.5, 0.6) is 0 Å². The molecule has 0 bridgehead atoms. The van der Waals surface area contributed by atoms with Gasteiger partial charge in [0.25, 0.3) is 0 Å². The fourth-order valence-corrected chi connectivity index (χ4v) is 1.90. The first-order chi connectivity index (χ1) is 7.33. The number of nitrogens with one attached hydrogen (secondary N) is 1. The van der Waals surface area contributed by atoms with E-state index in [4.69, 9.17) is 5.73 Å². The maximum Gasteiger partial charge on any atom is 0.0451 e. The summed E-state index contributed by atoms with van der Waals surface area (Å²) in [6, 6.07) is 7.95. The minimum absolute atomic E-state index is 0.791. The molecule has 0 amide bonds. The molecular weight excluding hydrogens is 186 g/mol. The Balaban J connectivity index is 2.11. The first-order valence-electron chi connectivity index (χ1n) is 4.91. The molecule has 1 aliphatic heterocycles. The molecule has 3 nitrogen and oxygen atoms in total. The number of benzene rings is 1. The van der Waals surface area contributed by atoms with Crippen molar-refractivity contribution in [1.82, 2.24) is 4.98 Å². The lowest BCUT2D eigenvalue weighted by Crippen LogP contribution is -2.07. The van der Waals surface area contributed by atoms with Crippen LogP contribution in [-0.4, -0.2) is 4.98 Å². The van der Waals surface area contributed by atoms with Gasteiger partial charge in [-0.2, -0.15) is 0 Å². The summed E-state index contributed by atoms with van der Waals surface area (Å²) in [4.78, 5) is 4.12. The Kier molecular flexibility index (Phi) is 1.65. The van der Waals surface area contributed by atoms with E-state index < -0.39 is 0 Å². The topological polar surface area (TPSA) is 50.9 Å². The van der Waals surface area contributed by atoms with E-state index in [2.05, 4.69) is 16.4 Å². The Morgan fingerprint density at radius 2 is 2.07 bits per heavy atom. The van der Waals surface area contributed by atoms with Gasteiger partial charge in [0.2, 0.25) is 0 Å². The van der Waals surface area contributed by atoms with Gasteiger partial charge in [0.15, 0.2) is 0 Å². The minimum atomic E-state index is 0.791. The number of fused-ring (bicyclic) bond motifs is 2. The number of nitrogen functional groups attached to an aromatic ring is 1. The largest absolute Gasteiger partial charge is 0.399 e. The normalized spacial score (nSPS) is 12.5. The Labute approximate surface area is 88.0 Å². The monoisotopic (exact) mass is 197 g/mol. The van der Waals surface area contributed by atoms with Crippen LogP contribution >= 0.6 is 0 Å².